The number of anilines is 2. The van der Waals surface area contributed by atoms with Crippen LogP contribution in [0.4, 0.5) is 20.2 Å². The molecule has 0 atom stereocenters. The number of rotatable bonds is 3. The Bertz CT molecular complexity index is 892. The molecule has 3 aromatic rings. The Morgan fingerprint density at radius 2 is 1.19 bits per heavy atom. The van der Waals surface area contributed by atoms with Crippen LogP contribution < -0.4 is 9.80 Å². The molecule has 3 aromatic carbocycles. The second-order valence-electron chi connectivity index (χ2n) is 6.38. The molecule has 27 heavy (non-hydrogen) atoms. The summed E-state index contributed by atoms with van der Waals surface area (Å²) in [7, 11) is 0. The summed E-state index contributed by atoms with van der Waals surface area (Å²) < 4.78 is 26.8. The molecule has 0 amide bonds. The van der Waals surface area contributed by atoms with Gasteiger partial charge in [0.15, 0.2) is 0 Å². The summed E-state index contributed by atoms with van der Waals surface area (Å²) in [5, 5.41) is 1.11. The minimum absolute atomic E-state index is 0.217. The molecule has 0 aliphatic carbocycles. The molecule has 1 heterocycles. The van der Waals surface area contributed by atoms with E-state index in [0.717, 1.165) is 16.9 Å². The van der Waals surface area contributed by atoms with Crippen LogP contribution in [0.2, 0.25) is 10.0 Å². The van der Waals surface area contributed by atoms with Crippen LogP contribution in [0.25, 0.3) is 0 Å². The second-order valence-corrected chi connectivity index (χ2v) is 7.22. The van der Waals surface area contributed by atoms with Crippen LogP contribution in [0.1, 0.15) is 11.7 Å². The average molecular weight is 405 g/mol. The first-order valence-electron chi connectivity index (χ1n) is 8.52. The van der Waals surface area contributed by atoms with Crippen molar-refractivity contribution >= 4 is 34.6 Å². The standard InChI is InChI=1S/C21H16Cl2F2N2/c22-14-1-10-19(20(23)13-14)21-26(17-6-2-15(24)3-7-17)11-12-27(21)18-8-4-16(25)5-9-18/h1-10,13,21H,11-12H2. The van der Waals surface area contributed by atoms with Crippen LogP contribution in [-0.4, -0.2) is 13.1 Å². The van der Waals surface area contributed by atoms with Crippen molar-refractivity contribution in [1.82, 2.24) is 0 Å². The quantitative estimate of drug-likeness (QED) is 0.505. The minimum Gasteiger partial charge on any atom is -0.346 e. The van der Waals surface area contributed by atoms with Gasteiger partial charge in [-0.15, -0.1) is 0 Å². The van der Waals surface area contributed by atoms with Crippen molar-refractivity contribution in [2.45, 2.75) is 6.17 Å². The Kier molecular flexibility index (Phi) is 4.94. The third-order valence-corrected chi connectivity index (χ3v) is 5.29. The van der Waals surface area contributed by atoms with Gasteiger partial charge in [0.2, 0.25) is 0 Å². The van der Waals surface area contributed by atoms with Gasteiger partial charge in [0.1, 0.15) is 17.8 Å². The molecule has 0 N–H and O–H groups in total. The van der Waals surface area contributed by atoms with E-state index in [1.807, 2.05) is 6.07 Å². The zero-order valence-electron chi connectivity index (χ0n) is 14.2. The SMILES string of the molecule is Fc1ccc(N2CCN(c3ccc(F)cc3)C2c2ccc(Cl)cc2Cl)cc1. The van der Waals surface area contributed by atoms with Crippen LogP contribution in [0.15, 0.2) is 66.7 Å². The monoisotopic (exact) mass is 404 g/mol. The van der Waals surface area contributed by atoms with E-state index >= 15 is 0 Å². The van der Waals surface area contributed by atoms with Crippen molar-refractivity contribution < 1.29 is 8.78 Å². The molecule has 1 aliphatic rings. The maximum Gasteiger partial charge on any atom is 0.130 e. The lowest BCUT2D eigenvalue weighted by atomic mass is 10.1. The predicted octanol–water partition coefficient (Wildman–Crippen LogP) is 6.30. The van der Waals surface area contributed by atoms with Gasteiger partial charge in [0, 0.05) is 40.1 Å². The molecule has 0 unspecified atom stereocenters. The largest absolute Gasteiger partial charge is 0.346 e. The molecule has 2 nitrogen and oxygen atoms in total. The van der Waals surface area contributed by atoms with Gasteiger partial charge in [0.05, 0.1) is 0 Å². The van der Waals surface area contributed by atoms with Crippen molar-refractivity contribution in [3.8, 4) is 0 Å². The van der Waals surface area contributed by atoms with Gasteiger partial charge in [-0.1, -0.05) is 29.3 Å². The molecule has 0 aromatic heterocycles. The van der Waals surface area contributed by atoms with Gasteiger partial charge in [-0.2, -0.15) is 0 Å². The van der Waals surface area contributed by atoms with Crippen LogP contribution in [0.3, 0.4) is 0 Å². The summed E-state index contributed by atoms with van der Waals surface area (Å²) in [5.74, 6) is -0.566. The first-order chi connectivity index (χ1) is 13.0. The molecular weight excluding hydrogens is 389 g/mol. The van der Waals surface area contributed by atoms with E-state index in [2.05, 4.69) is 9.80 Å². The summed E-state index contributed by atoms with van der Waals surface area (Å²) in [5.41, 5.74) is 2.65. The molecule has 0 bridgehead atoms. The highest BCUT2D eigenvalue weighted by Crippen LogP contribution is 2.40. The Labute approximate surface area is 166 Å². The lowest BCUT2D eigenvalue weighted by Gasteiger charge is -2.34. The molecule has 0 radical (unpaired) electrons. The first kappa shape index (κ1) is 18.1. The molecule has 138 valence electrons. The highest BCUT2D eigenvalue weighted by Gasteiger charge is 2.35. The van der Waals surface area contributed by atoms with Gasteiger partial charge in [-0.05, 0) is 60.7 Å². The van der Waals surface area contributed by atoms with E-state index in [-0.39, 0.29) is 17.8 Å². The Hall–Kier alpha value is -2.30. The number of hydrogen-bond acceptors (Lipinski definition) is 2. The van der Waals surface area contributed by atoms with Crippen molar-refractivity contribution in [2.75, 3.05) is 22.9 Å². The van der Waals surface area contributed by atoms with Gasteiger partial charge in [-0.3, -0.25) is 0 Å². The fourth-order valence-corrected chi connectivity index (χ4v) is 3.99. The normalized spacial score (nSPS) is 14.8. The summed E-state index contributed by atoms with van der Waals surface area (Å²) in [6, 6.07) is 18.2. The fourth-order valence-electron chi connectivity index (χ4n) is 3.48. The number of benzene rings is 3. The summed E-state index contributed by atoms with van der Waals surface area (Å²) in [6.45, 7) is 1.43. The van der Waals surface area contributed by atoms with Gasteiger partial charge < -0.3 is 9.80 Å². The van der Waals surface area contributed by atoms with Gasteiger partial charge >= 0.3 is 0 Å². The van der Waals surface area contributed by atoms with Crippen molar-refractivity contribution in [3.05, 3.63) is 94.0 Å². The van der Waals surface area contributed by atoms with Crippen molar-refractivity contribution in [3.63, 3.8) is 0 Å². The lowest BCUT2D eigenvalue weighted by Crippen LogP contribution is -2.31. The number of hydrogen-bond donors (Lipinski definition) is 0. The van der Waals surface area contributed by atoms with E-state index in [4.69, 9.17) is 23.2 Å². The van der Waals surface area contributed by atoms with E-state index in [9.17, 15) is 8.78 Å². The smallest absolute Gasteiger partial charge is 0.130 e. The van der Waals surface area contributed by atoms with E-state index in [1.165, 1.54) is 24.3 Å². The summed E-state index contributed by atoms with van der Waals surface area (Å²) in [6.07, 6.45) is -0.217. The Balaban J connectivity index is 1.80. The third kappa shape index (κ3) is 3.60. The van der Waals surface area contributed by atoms with Gasteiger partial charge in [-0.25, -0.2) is 8.78 Å². The van der Waals surface area contributed by atoms with E-state index < -0.39 is 0 Å². The van der Waals surface area contributed by atoms with E-state index in [0.29, 0.717) is 23.1 Å². The molecule has 0 spiro atoms. The van der Waals surface area contributed by atoms with Crippen LogP contribution in [0, 0.1) is 11.6 Å². The maximum atomic E-state index is 13.4. The molecule has 1 aliphatic heterocycles. The fraction of sp³-hybridized carbons (Fsp3) is 0.143. The topological polar surface area (TPSA) is 6.48 Å². The highest BCUT2D eigenvalue weighted by molar-refractivity contribution is 6.35. The number of halogens is 4. The molecule has 1 saturated heterocycles. The number of nitrogens with zero attached hydrogens (tertiary/aromatic N) is 2. The Morgan fingerprint density at radius 3 is 1.63 bits per heavy atom. The molecule has 6 heteroatoms. The molecular formula is C21H16Cl2F2N2. The van der Waals surface area contributed by atoms with Crippen LogP contribution in [0.5, 0.6) is 0 Å². The van der Waals surface area contributed by atoms with E-state index in [1.54, 1.807) is 36.4 Å². The zero-order chi connectivity index (χ0) is 19.0. The molecule has 0 saturated carbocycles. The first-order valence-corrected chi connectivity index (χ1v) is 9.28. The highest BCUT2D eigenvalue weighted by atomic mass is 35.5. The minimum atomic E-state index is -0.283. The predicted molar refractivity (Wildman–Crippen MR) is 107 cm³/mol. The third-order valence-electron chi connectivity index (χ3n) is 4.73. The summed E-state index contributed by atoms with van der Waals surface area (Å²) >= 11 is 12.6. The Morgan fingerprint density at radius 1 is 0.704 bits per heavy atom. The second kappa shape index (κ2) is 7.37. The maximum absolute atomic E-state index is 13.4. The van der Waals surface area contributed by atoms with Crippen LogP contribution in [-0.2, 0) is 0 Å². The van der Waals surface area contributed by atoms with Gasteiger partial charge in [0.25, 0.3) is 0 Å². The lowest BCUT2D eigenvalue weighted by molar-refractivity contribution is 0.626. The summed E-state index contributed by atoms with van der Waals surface area (Å²) in [4.78, 5) is 4.30. The van der Waals surface area contributed by atoms with Crippen molar-refractivity contribution in [1.29, 1.82) is 0 Å². The molecule has 4 rings (SSSR count). The zero-order valence-corrected chi connectivity index (χ0v) is 15.8. The molecule has 1 fully saturated rings. The van der Waals surface area contributed by atoms with Crippen molar-refractivity contribution in [2.24, 2.45) is 0 Å². The average Bonchev–Trinajstić information content (AvgIpc) is 3.08. The van der Waals surface area contributed by atoms with Crippen LogP contribution >= 0.6 is 23.2 Å².